The standard InChI is InChI=1S/C9H11F.C9H13NOS.C8H8N4O.2C2H6/c1-3-8-4-5-9(10)7(2)6-8;1-3-8-4-6-9(7-5-8)12(2,10)11;1-4-6-8(12-11-4)7(5(2)13)10-3-9-6;2*1-2/h4-6H,3H2,1-2H3;4-7H,2-3H2,1H3,(H2,10,11);3H,1-2H3,(H,11,12);2*1-2H3. The average molecular weight is 558 g/mol. The summed E-state index contributed by atoms with van der Waals surface area (Å²) in [6.45, 7) is 17.2. The van der Waals surface area contributed by atoms with Crippen LogP contribution < -0.4 is 5.14 Å². The Morgan fingerprint density at radius 1 is 0.949 bits per heavy atom. The molecule has 0 saturated carbocycles. The van der Waals surface area contributed by atoms with Gasteiger partial charge in [0.05, 0.1) is 15.4 Å². The molecule has 9 heteroatoms. The lowest BCUT2D eigenvalue weighted by Gasteiger charge is -2.02. The van der Waals surface area contributed by atoms with E-state index < -0.39 is 9.71 Å². The first kappa shape index (κ1) is 35.6. The highest BCUT2D eigenvalue weighted by molar-refractivity contribution is 7.98. The number of carbonyl (C=O) groups is 1. The number of benzene rings is 2. The van der Waals surface area contributed by atoms with E-state index in [4.69, 9.17) is 5.14 Å². The van der Waals surface area contributed by atoms with Crippen molar-refractivity contribution < 1.29 is 13.4 Å². The van der Waals surface area contributed by atoms with Crippen LogP contribution in [0.4, 0.5) is 4.39 Å². The summed E-state index contributed by atoms with van der Waals surface area (Å²) in [4.78, 5) is 19.6. The third-order valence-electron chi connectivity index (χ3n) is 5.21. The van der Waals surface area contributed by atoms with Crippen molar-refractivity contribution in [1.29, 1.82) is 0 Å². The normalized spacial score (nSPS) is 11.2. The summed E-state index contributed by atoms with van der Waals surface area (Å²) in [7, 11) is -2.53. The van der Waals surface area contributed by atoms with E-state index in [0.29, 0.717) is 21.6 Å². The molecule has 7 nitrogen and oxygen atoms in total. The number of aromatic nitrogens is 4. The van der Waals surface area contributed by atoms with Crippen molar-refractivity contribution in [2.45, 2.75) is 80.1 Å². The largest absolute Gasteiger partial charge is 0.293 e. The van der Waals surface area contributed by atoms with E-state index >= 15 is 0 Å². The topological polar surface area (TPSA) is 115 Å². The van der Waals surface area contributed by atoms with Crippen LogP contribution in [0, 0.1) is 19.7 Å². The van der Waals surface area contributed by atoms with Crippen molar-refractivity contribution in [3.8, 4) is 0 Å². The Balaban J connectivity index is 0.000000525. The molecule has 0 saturated heterocycles. The maximum absolute atomic E-state index is 12.6. The van der Waals surface area contributed by atoms with Crippen molar-refractivity contribution in [3.05, 3.63) is 82.7 Å². The Bertz CT molecular complexity index is 1400. The number of halogens is 1. The highest BCUT2D eigenvalue weighted by Gasteiger charge is 2.11. The number of hydrogen-bond acceptors (Lipinski definition) is 5. The van der Waals surface area contributed by atoms with E-state index in [2.05, 4.69) is 39.9 Å². The number of Topliss-reactive ketones (excluding diaryl/α,β-unsaturated/α-hetero) is 1. The van der Waals surface area contributed by atoms with Gasteiger partial charge in [0.2, 0.25) is 0 Å². The number of aromatic amines is 1. The molecule has 0 bridgehead atoms. The Morgan fingerprint density at radius 2 is 1.49 bits per heavy atom. The van der Waals surface area contributed by atoms with Gasteiger partial charge in [-0.25, -0.2) is 18.6 Å². The second-order valence-corrected chi connectivity index (χ2v) is 9.91. The van der Waals surface area contributed by atoms with E-state index in [-0.39, 0.29) is 11.6 Å². The lowest BCUT2D eigenvalue weighted by Crippen LogP contribution is -2.11. The van der Waals surface area contributed by atoms with Crippen LogP contribution in [-0.2, 0) is 22.5 Å². The van der Waals surface area contributed by atoms with E-state index in [1.807, 2.05) is 58.9 Å². The molecule has 4 aromatic rings. The second kappa shape index (κ2) is 18.0. The van der Waals surface area contributed by atoms with Crippen molar-refractivity contribution in [1.82, 2.24) is 20.2 Å². The van der Waals surface area contributed by atoms with Gasteiger partial charge in [-0.15, -0.1) is 0 Å². The van der Waals surface area contributed by atoms with E-state index in [0.717, 1.165) is 24.1 Å². The minimum atomic E-state index is -2.53. The highest BCUT2D eigenvalue weighted by Crippen LogP contribution is 2.14. The molecule has 2 heterocycles. The van der Waals surface area contributed by atoms with Crippen molar-refractivity contribution in [2.75, 3.05) is 0 Å². The predicted octanol–water partition coefficient (Wildman–Crippen LogP) is 6.81. The number of carbonyl (C=O) groups excluding carboxylic acids is 1. The minimum absolute atomic E-state index is 0.0982. The van der Waals surface area contributed by atoms with Crippen molar-refractivity contribution in [2.24, 2.45) is 5.14 Å². The summed E-state index contributed by atoms with van der Waals surface area (Å²) in [6, 6.07) is 12.6. The monoisotopic (exact) mass is 557 g/mol. The molecule has 39 heavy (non-hydrogen) atoms. The molecule has 0 aliphatic carbocycles. The maximum atomic E-state index is 12.6. The molecule has 0 amide bonds. The molecule has 1 unspecified atom stereocenters. The van der Waals surface area contributed by atoms with Crippen LogP contribution >= 0.6 is 0 Å². The Labute approximate surface area is 233 Å². The lowest BCUT2D eigenvalue weighted by atomic mass is 10.1. The predicted molar refractivity (Wildman–Crippen MR) is 163 cm³/mol. The summed E-state index contributed by atoms with van der Waals surface area (Å²) < 4.78 is 23.9. The zero-order valence-electron chi connectivity index (χ0n) is 24.8. The van der Waals surface area contributed by atoms with Crippen LogP contribution in [0.15, 0.2) is 53.7 Å². The average Bonchev–Trinajstić information content (AvgIpc) is 3.33. The Kier molecular flexibility index (Phi) is 16.4. The molecule has 1 atom stereocenters. The smallest absolute Gasteiger partial charge is 0.180 e. The second-order valence-electron chi connectivity index (χ2n) is 7.99. The van der Waals surface area contributed by atoms with Crippen LogP contribution in [-0.4, -0.2) is 36.0 Å². The molecule has 3 N–H and O–H groups in total. The Hall–Kier alpha value is -3.43. The minimum Gasteiger partial charge on any atom is -0.293 e. The summed E-state index contributed by atoms with van der Waals surface area (Å²) in [6.07, 6.45) is 3.33. The zero-order chi connectivity index (χ0) is 30.2. The van der Waals surface area contributed by atoms with Gasteiger partial charge < -0.3 is 0 Å². The number of fused-ring (bicyclic) bond motifs is 1. The number of aryl methyl sites for hydroxylation is 4. The van der Waals surface area contributed by atoms with Crippen molar-refractivity contribution >= 4 is 32.4 Å². The summed E-state index contributed by atoms with van der Waals surface area (Å²) in [5.74, 6) is 3.19. The molecular weight excluding hydrogens is 513 g/mol. The van der Waals surface area contributed by atoms with Gasteiger partial charge in [-0.1, -0.05) is 65.8 Å². The lowest BCUT2D eigenvalue weighted by molar-refractivity contribution is 0.101. The van der Waals surface area contributed by atoms with Crippen LogP contribution in [0.25, 0.3) is 11.0 Å². The number of nitrogens with zero attached hydrogens (tertiary/aromatic N) is 3. The third kappa shape index (κ3) is 11.5. The number of H-pyrrole nitrogens is 1. The number of nitrogens with one attached hydrogen (secondary N) is 1. The van der Waals surface area contributed by atoms with Crippen LogP contribution in [0.5, 0.6) is 0 Å². The van der Waals surface area contributed by atoms with Gasteiger partial charge in [-0.3, -0.25) is 15.0 Å². The van der Waals surface area contributed by atoms with Crippen LogP contribution in [0.1, 0.15) is 81.3 Å². The first-order chi connectivity index (χ1) is 18.5. The van der Waals surface area contributed by atoms with Gasteiger partial charge >= 0.3 is 0 Å². The molecule has 214 valence electrons. The van der Waals surface area contributed by atoms with Gasteiger partial charge in [-0.2, -0.15) is 5.10 Å². The molecule has 0 aliphatic heterocycles. The fourth-order valence-corrected chi connectivity index (χ4v) is 3.69. The van der Waals surface area contributed by atoms with E-state index in [1.165, 1.54) is 30.4 Å². The molecule has 0 spiro atoms. The van der Waals surface area contributed by atoms with Gasteiger partial charge in [0, 0.05) is 11.8 Å². The van der Waals surface area contributed by atoms with Gasteiger partial charge in [-0.05, 0) is 67.4 Å². The molecule has 4 rings (SSSR count). The number of hydrogen-bond donors (Lipinski definition) is 2. The maximum Gasteiger partial charge on any atom is 0.180 e. The summed E-state index contributed by atoms with van der Waals surface area (Å²) in [5, 5.41) is 12.1. The van der Waals surface area contributed by atoms with Crippen LogP contribution in [0.3, 0.4) is 0 Å². The van der Waals surface area contributed by atoms with Gasteiger partial charge in [0.25, 0.3) is 0 Å². The summed E-state index contributed by atoms with van der Waals surface area (Å²) >= 11 is 0. The molecule has 2 aromatic carbocycles. The molecule has 0 radical (unpaired) electrons. The molecule has 0 aliphatic rings. The van der Waals surface area contributed by atoms with Crippen LogP contribution in [0.2, 0.25) is 0 Å². The van der Waals surface area contributed by atoms with Crippen molar-refractivity contribution in [3.63, 3.8) is 0 Å². The van der Waals surface area contributed by atoms with Gasteiger partial charge in [0.1, 0.15) is 28.9 Å². The van der Waals surface area contributed by atoms with Gasteiger partial charge in [0.15, 0.2) is 5.78 Å². The first-order valence-corrected chi connectivity index (χ1v) is 14.9. The first-order valence-electron chi connectivity index (χ1n) is 13.1. The number of nitrogens with two attached hydrogens (primary N) is 1. The zero-order valence-corrected chi connectivity index (χ0v) is 25.6. The molecular formula is C30H44FN5O2S. The van der Waals surface area contributed by atoms with E-state index in [1.54, 1.807) is 19.1 Å². The van der Waals surface area contributed by atoms with E-state index in [9.17, 15) is 13.4 Å². The summed E-state index contributed by atoms with van der Waals surface area (Å²) in [5.41, 5.74) is 5.61. The molecule has 2 aromatic heterocycles. The SMILES string of the molecule is C=S(N)(=O)c1ccc(CC)cc1.CC.CC.CC(=O)c1ncnc2c(C)[nH]nc12.CCc1ccc(F)c(C)c1. The number of ketones is 1. The number of rotatable bonds is 4. The highest BCUT2D eigenvalue weighted by atomic mass is 32.2. The molecule has 0 fully saturated rings. The third-order valence-corrected chi connectivity index (χ3v) is 6.28. The fourth-order valence-electron chi connectivity index (χ4n) is 3.09. The Morgan fingerprint density at radius 3 is 1.95 bits per heavy atom. The fraction of sp³-hybridized carbons (Fsp3) is 0.367. The quantitative estimate of drug-likeness (QED) is 0.211.